The van der Waals surface area contributed by atoms with Gasteiger partial charge in [-0.1, -0.05) is 6.92 Å². The molecule has 1 aliphatic rings. The highest BCUT2D eigenvalue weighted by Gasteiger charge is 2.25. The Bertz CT molecular complexity index is 290. The lowest BCUT2D eigenvalue weighted by Gasteiger charge is -2.34. The number of aliphatic hydroxyl groups is 1. The van der Waals surface area contributed by atoms with Crippen LogP contribution in [0.5, 0.6) is 0 Å². The first-order valence-electron chi connectivity index (χ1n) is 6.20. The number of hydrogen-bond donors (Lipinski definition) is 3. The molecule has 2 amide bonds. The second kappa shape index (κ2) is 7.17. The molecule has 0 radical (unpaired) electrons. The third-order valence-electron chi connectivity index (χ3n) is 2.98. The molecule has 1 saturated heterocycles. The fourth-order valence-corrected chi connectivity index (χ4v) is 1.92. The Morgan fingerprint density at radius 3 is 2.33 bits per heavy atom. The van der Waals surface area contributed by atoms with Crippen molar-refractivity contribution in [3.05, 3.63) is 0 Å². The Morgan fingerprint density at radius 1 is 1.28 bits per heavy atom. The van der Waals surface area contributed by atoms with Crippen LogP contribution in [0.25, 0.3) is 0 Å². The summed E-state index contributed by atoms with van der Waals surface area (Å²) in [6.07, 6.45) is 1.08. The zero-order chi connectivity index (χ0) is 13.5. The smallest absolute Gasteiger partial charge is 0.328 e. The van der Waals surface area contributed by atoms with E-state index in [4.69, 9.17) is 10.2 Å². The number of aliphatic carboxylic acids is 1. The van der Waals surface area contributed by atoms with Gasteiger partial charge in [-0.25, -0.2) is 9.59 Å². The van der Waals surface area contributed by atoms with Crippen molar-refractivity contribution >= 4 is 12.0 Å². The highest BCUT2D eigenvalue weighted by molar-refractivity contribution is 5.82. The first kappa shape index (κ1) is 14.7. The van der Waals surface area contributed by atoms with Gasteiger partial charge in [0.2, 0.25) is 0 Å². The van der Waals surface area contributed by atoms with E-state index in [1.807, 2.05) is 0 Å². The molecule has 104 valence electrons. The van der Waals surface area contributed by atoms with E-state index in [1.54, 1.807) is 4.90 Å². The lowest BCUT2D eigenvalue weighted by Crippen LogP contribution is -2.55. The minimum absolute atomic E-state index is 0.424. The van der Waals surface area contributed by atoms with Crippen LogP contribution in [0.15, 0.2) is 0 Å². The third-order valence-corrected chi connectivity index (χ3v) is 2.98. The van der Waals surface area contributed by atoms with Crippen molar-refractivity contribution in [2.24, 2.45) is 0 Å². The monoisotopic (exact) mass is 259 g/mol. The van der Waals surface area contributed by atoms with Crippen LogP contribution in [0, 0.1) is 0 Å². The average Bonchev–Trinajstić information content (AvgIpc) is 2.36. The van der Waals surface area contributed by atoms with Gasteiger partial charge in [-0.3, -0.25) is 4.90 Å². The van der Waals surface area contributed by atoms with Crippen molar-refractivity contribution in [1.29, 1.82) is 0 Å². The van der Waals surface area contributed by atoms with Gasteiger partial charge < -0.3 is 20.4 Å². The summed E-state index contributed by atoms with van der Waals surface area (Å²) in [5, 5.41) is 19.9. The van der Waals surface area contributed by atoms with E-state index < -0.39 is 24.6 Å². The van der Waals surface area contributed by atoms with Gasteiger partial charge in [-0.15, -0.1) is 0 Å². The summed E-state index contributed by atoms with van der Waals surface area (Å²) in [4.78, 5) is 26.3. The molecule has 1 heterocycles. The lowest BCUT2D eigenvalue weighted by atomic mass is 10.3. The number of carboxylic acids is 1. The molecule has 0 aromatic heterocycles. The minimum Gasteiger partial charge on any atom is -0.480 e. The van der Waals surface area contributed by atoms with Crippen molar-refractivity contribution in [3.63, 3.8) is 0 Å². The molecule has 0 aromatic carbocycles. The average molecular weight is 259 g/mol. The van der Waals surface area contributed by atoms with E-state index in [0.717, 1.165) is 26.1 Å². The molecule has 18 heavy (non-hydrogen) atoms. The van der Waals surface area contributed by atoms with Gasteiger partial charge in [-0.05, 0) is 13.0 Å². The van der Waals surface area contributed by atoms with Crippen LogP contribution in [0.3, 0.4) is 0 Å². The number of piperazine rings is 1. The highest BCUT2D eigenvalue weighted by Crippen LogP contribution is 2.03. The minimum atomic E-state index is -1.23. The second-order valence-electron chi connectivity index (χ2n) is 4.35. The van der Waals surface area contributed by atoms with Crippen LogP contribution in [0.2, 0.25) is 0 Å². The second-order valence-corrected chi connectivity index (χ2v) is 4.35. The molecular formula is C11H21N3O4. The number of carbonyl (C=O) groups is 2. The third kappa shape index (κ3) is 4.15. The fourth-order valence-electron chi connectivity index (χ4n) is 1.92. The van der Waals surface area contributed by atoms with E-state index in [-0.39, 0.29) is 0 Å². The van der Waals surface area contributed by atoms with Crippen LogP contribution < -0.4 is 5.32 Å². The van der Waals surface area contributed by atoms with E-state index in [9.17, 15) is 9.59 Å². The molecule has 3 N–H and O–H groups in total. The Morgan fingerprint density at radius 2 is 1.89 bits per heavy atom. The Hall–Kier alpha value is -1.34. The number of nitrogens with zero attached hydrogens (tertiary/aromatic N) is 2. The molecule has 0 saturated carbocycles. The zero-order valence-corrected chi connectivity index (χ0v) is 10.6. The maximum Gasteiger partial charge on any atom is 0.328 e. The predicted octanol–water partition coefficient (Wildman–Crippen LogP) is -0.831. The zero-order valence-electron chi connectivity index (χ0n) is 10.6. The molecule has 7 nitrogen and oxygen atoms in total. The number of amides is 2. The quantitative estimate of drug-likeness (QED) is 0.599. The summed E-state index contributed by atoms with van der Waals surface area (Å²) < 4.78 is 0. The molecule has 1 rings (SSSR count). The normalized spacial score (nSPS) is 18.4. The maximum absolute atomic E-state index is 11.8. The van der Waals surface area contributed by atoms with Crippen LogP contribution in [0.4, 0.5) is 4.79 Å². The Labute approximate surface area is 106 Å². The van der Waals surface area contributed by atoms with Crippen LogP contribution in [-0.4, -0.2) is 77.4 Å². The molecule has 0 aromatic rings. The van der Waals surface area contributed by atoms with Gasteiger partial charge in [0.1, 0.15) is 0 Å². The maximum atomic E-state index is 11.8. The van der Waals surface area contributed by atoms with Crippen molar-refractivity contribution in [2.45, 2.75) is 19.4 Å². The Kier molecular flexibility index (Phi) is 5.87. The summed E-state index contributed by atoms with van der Waals surface area (Å²) in [5.74, 6) is -1.23. The number of carboxylic acid groups (broad SMARTS) is 1. The molecule has 0 aliphatic carbocycles. The largest absolute Gasteiger partial charge is 0.480 e. The highest BCUT2D eigenvalue weighted by atomic mass is 16.4. The van der Waals surface area contributed by atoms with Crippen molar-refractivity contribution in [2.75, 3.05) is 39.3 Å². The number of carbonyl (C=O) groups excluding carboxylic acids is 1. The van der Waals surface area contributed by atoms with Gasteiger partial charge in [0.05, 0.1) is 6.61 Å². The summed E-state index contributed by atoms with van der Waals surface area (Å²) in [6.45, 7) is 5.31. The van der Waals surface area contributed by atoms with E-state index in [1.165, 1.54) is 0 Å². The first-order valence-corrected chi connectivity index (χ1v) is 6.20. The van der Waals surface area contributed by atoms with Gasteiger partial charge in [0, 0.05) is 26.2 Å². The molecule has 1 aliphatic heterocycles. The molecule has 0 spiro atoms. The number of hydrogen-bond acceptors (Lipinski definition) is 4. The summed E-state index contributed by atoms with van der Waals surface area (Å²) in [5.41, 5.74) is 0. The molecule has 1 fully saturated rings. The molecule has 0 unspecified atom stereocenters. The molecule has 7 heteroatoms. The summed E-state index contributed by atoms with van der Waals surface area (Å²) in [6, 6.07) is -1.65. The van der Waals surface area contributed by atoms with Crippen molar-refractivity contribution < 1.29 is 19.8 Å². The lowest BCUT2D eigenvalue weighted by molar-refractivity contribution is -0.140. The fraction of sp³-hybridized carbons (Fsp3) is 0.818. The number of urea groups is 1. The van der Waals surface area contributed by atoms with Gasteiger partial charge in [0.25, 0.3) is 0 Å². The van der Waals surface area contributed by atoms with Crippen LogP contribution in [0.1, 0.15) is 13.3 Å². The van der Waals surface area contributed by atoms with E-state index in [0.29, 0.717) is 13.1 Å². The molecule has 0 bridgehead atoms. The van der Waals surface area contributed by atoms with Gasteiger partial charge >= 0.3 is 12.0 Å². The van der Waals surface area contributed by atoms with E-state index in [2.05, 4.69) is 17.1 Å². The van der Waals surface area contributed by atoms with Crippen molar-refractivity contribution in [3.8, 4) is 0 Å². The topological polar surface area (TPSA) is 93.1 Å². The molecule has 1 atom stereocenters. The first-order chi connectivity index (χ1) is 8.58. The van der Waals surface area contributed by atoms with Crippen LogP contribution >= 0.6 is 0 Å². The van der Waals surface area contributed by atoms with Crippen molar-refractivity contribution in [1.82, 2.24) is 15.1 Å². The van der Waals surface area contributed by atoms with Gasteiger partial charge in [0.15, 0.2) is 6.04 Å². The molecular weight excluding hydrogens is 238 g/mol. The summed E-state index contributed by atoms with van der Waals surface area (Å²) >= 11 is 0. The summed E-state index contributed by atoms with van der Waals surface area (Å²) in [7, 11) is 0. The SMILES string of the molecule is CCCN1CCN(C(=O)N[C@@H](CO)C(=O)O)CC1. The van der Waals surface area contributed by atoms with E-state index >= 15 is 0 Å². The predicted molar refractivity (Wildman–Crippen MR) is 65.3 cm³/mol. The number of nitrogens with one attached hydrogen (secondary N) is 1. The van der Waals surface area contributed by atoms with Crippen LogP contribution in [-0.2, 0) is 4.79 Å². The number of rotatable bonds is 5. The Balaban J connectivity index is 2.38. The standard InChI is InChI=1S/C11H21N3O4/c1-2-3-13-4-6-14(7-5-13)11(18)12-9(8-15)10(16)17/h9,15H,2-8H2,1H3,(H,12,18)(H,16,17)/t9-/m0/s1. The van der Waals surface area contributed by atoms with Gasteiger partial charge in [-0.2, -0.15) is 0 Å². The number of aliphatic hydroxyl groups excluding tert-OH is 1.